The van der Waals surface area contributed by atoms with Crippen LogP contribution in [0.3, 0.4) is 0 Å². The fourth-order valence-electron chi connectivity index (χ4n) is 1.97. The van der Waals surface area contributed by atoms with E-state index in [2.05, 4.69) is 20.8 Å². The monoisotopic (exact) mass is 332 g/mol. The van der Waals surface area contributed by atoms with E-state index in [0.29, 0.717) is 18.1 Å². The van der Waals surface area contributed by atoms with Crippen LogP contribution in [-0.2, 0) is 6.42 Å². The molecule has 0 bridgehead atoms. The summed E-state index contributed by atoms with van der Waals surface area (Å²) in [6.07, 6.45) is 1.71. The lowest BCUT2D eigenvalue weighted by Gasteiger charge is -2.10. The highest BCUT2D eigenvalue weighted by Gasteiger charge is 2.10. The number of amides is 1. The number of rotatable bonds is 7. The molecule has 1 heterocycles. The molecule has 1 aromatic heterocycles. The second kappa shape index (κ2) is 8.48. The van der Waals surface area contributed by atoms with Gasteiger partial charge in [-0.15, -0.1) is 10.2 Å². The topological polar surface area (TPSA) is 66.9 Å². The first-order valence-electron chi connectivity index (χ1n) is 7.71. The van der Waals surface area contributed by atoms with Gasteiger partial charge in [-0.25, -0.2) is 0 Å². The van der Waals surface area contributed by atoms with Crippen LogP contribution in [0.25, 0.3) is 0 Å². The molecule has 6 heteroatoms. The summed E-state index contributed by atoms with van der Waals surface area (Å²) < 4.78 is 0. The second-order valence-electron chi connectivity index (χ2n) is 5.39. The number of hydrogen-bond donors (Lipinski definition) is 2. The first-order valence-corrected chi connectivity index (χ1v) is 8.09. The molecule has 2 aromatic rings. The summed E-state index contributed by atoms with van der Waals surface area (Å²) in [5, 5.41) is 14.8. The third-order valence-corrected chi connectivity index (χ3v) is 3.73. The standard InChI is InChI=1S/C17H21ClN4O/c1-3-12(2)20-17(23)15-7-8-16(22-21-15)19-10-9-13-5-4-6-14(18)11-13/h4-8,11-12H,3,9-10H2,1-2H3,(H,19,22)(H,20,23). The fourth-order valence-corrected chi connectivity index (χ4v) is 2.19. The van der Waals surface area contributed by atoms with Crippen LogP contribution in [0.15, 0.2) is 36.4 Å². The van der Waals surface area contributed by atoms with Crippen LogP contribution in [0, 0.1) is 0 Å². The summed E-state index contributed by atoms with van der Waals surface area (Å²) in [7, 11) is 0. The van der Waals surface area contributed by atoms with Gasteiger partial charge in [-0.3, -0.25) is 4.79 Å². The molecule has 1 unspecified atom stereocenters. The Balaban J connectivity index is 1.84. The smallest absolute Gasteiger partial charge is 0.272 e. The van der Waals surface area contributed by atoms with E-state index in [0.717, 1.165) is 23.4 Å². The summed E-state index contributed by atoms with van der Waals surface area (Å²) in [6, 6.07) is 11.3. The third kappa shape index (κ3) is 5.53. The van der Waals surface area contributed by atoms with E-state index in [1.54, 1.807) is 12.1 Å². The predicted molar refractivity (Wildman–Crippen MR) is 92.9 cm³/mol. The Bertz CT molecular complexity index is 645. The lowest BCUT2D eigenvalue weighted by molar-refractivity contribution is 0.0933. The number of nitrogens with one attached hydrogen (secondary N) is 2. The van der Waals surface area contributed by atoms with Gasteiger partial charge in [0.25, 0.3) is 5.91 Å². The van der Waals surface area contributed by atoms with Gasteiger partial charge in [0.2, 0.25) is 0 Å². The van der Waals surface area contributed by atoms with E-state index < -0.39 is 0 Å². The maximum Gasteiger partial charge on any atom is 0.272 e. The summed E-state index contributed by atoms with van der Waals surface area (Å²) in [5.41, 5.74) is 1.48. The molecular weight excluding hydrogens is 312 g/mol. The van der Waals surface area contributed by atoms with E-state index in [9.17, 15) is 4.79 Å². The van der Waals surface area contributed by atoms with E-state index >= 15 is 0 Å². The summed E-state index contributed by atoms with van der Waals surface area (Å²) in [6.45, 7) is 4.69. The van der Waals surface area contributed by atoms with Gasteiger partial charge in [-0.2, -0.15) is 0 Å². The minimum Gasteiger partial charge on any atom is -0.368 e. The van der Waals surface area contributed by atoms with Gasteiger partial charge in [0.05, 0.1) is 0 Å². The fraction of sp³-hybridized carbons (Fsp3) is 0.353. The zero-order valence-electron chi connectivity index (χ0n) is 13.3. The minimum absolute atomic E-state index is 0.125. The highest BCUT2D eigenvalue weighted by atomic mass is 35.5. The maximum absolute atomic E-state index is 11.9. The minimum atomic E-state index is -0.197. The van der Waals surface area contributed by atoms with Gasteiger partial charge >= 0.3 is 0 Å². The highest BCUT2D eigenvalue weighted by Crippen LogP contribution is 2.11. The zero-order valence-corrected chi connectivity index (χ0v) is 14.1. The van der Waals surface area contributed by atoms with E-state index in [1.165, 1.54) is 0 Å². The number of nitrogens with zero attached hydrogens (tertiary/aromatic N) is 2. The molecule has 2 N–H and O–H groups in total. The molecule has 0 saturated carbocycles. The van der Waals surface area contributed by atoms with Crippen molar-refractivity contribution >= 4 is 23.3 Å². The van der Waals surface area contributed by atoms with Crippen LogP contribution in [0.1, 0.15) is 36.3 Å². The van der Waals surface area contributed by atoms with Gasteiger partial charge in [0, 0.05) is 17.6 Å². The Hall–Kier alpha value is -2.14. The first-order chi connectivity index (χ1) is 11.1. The molecule has 23 heavy (non-hydrogen) atoms. The molecule has 122 valence electrons. The van der Waals surface area contributed by atoms with Gasteiger partial charge in [-0.1, -0.05) is 30.7 Å². The molecule has 0 radical (unpaired) electrons. The average molecular weight is 333 g/mol. The maximum atomic E-state index is 11.9. The van der Waals surface area contributed by atoms with Crippen molar-refractivity contribution < 1.29 is 4.79 Å². The van der Waals surface area contributed by atoms with Gasteiger partial charge in [0.15, 0.2) is 5.69 Å². The number of hydrogen-bond acceptors (Lipinski definition) is 4. The van der Waals surface area contributed by atoms with Crippen molar-refractivity contribution in [3.63, 3.8) is 0 Å². The number of aromatic nitrogens is 2. The zero-order chi connectivity index (χ0) is 16.7. The summed E-state index contributed by atoms with van der Waals surface area (Å²) >= 11 is 5.95. The molecule has 0 saturated heterocycles. The van der Waals surface area contributed by atoms with Gasteiger partial charge in [0.1, 0.15) is 5.82 Å². The quantitative estimate of drug-likeness (QED) is 0.816. The Morgan fingerprint density at radius 1 is 1.26 bits per heavy atom. The molecule has 1 amide bonds. The van der Waals surface area contributed by atoms with E-state index in [4.69, 9.17) is 11.6 Å². The van der Waals surface area contributed by atoms with E-state index in [1.807, 2.05) is 38.1 Å². The molecule has 0 spiro atoms. The van der Waals surface area contributed by atoms with Crippen LogP contribution >= 0.6 is 11.6 Å². The van der Waals surface area contributed by atoms with E-state index in [-0.39, 0.29) is 11.9 Å². The molecule has 0 fully saturated rings. The van der Waals surface area contributed by atoms with Crippen molar-refractivity contribution in [3.8, 4) is 0 Å². The average Bonchev–Trinajstić information content (AvgIpc) is 2.55. The molecule has 0 aliphatic rings. The normalized spacial score (nSPS) is 11.8. The van der Waals surface area contributed by atoms with Gasteiger partial charge < -0.3 is 10.6 Å². The summed E-state index contributed by atoms with van der Waals surface area (Å²) in [5.74, 6) is 0.449. The molecule has 0 aliphatic heterocycles. The van der Waals surface area contributed by atoms with Gasteiger partial charge in [-0.05, 0) is 49.6 Å². The van der Waals surface area contributed by atoms with Crippen molar-refractivity contribution in [2.24, 2.45) is 0 Å². The largest absolute Gasteiger partial charge is 0.368 e. The van der Waals surface area contributed by atoms with Crippen molar-refractivity contribution in [2.45, 2.75) is 32.7 Å². The third-order valence-electron chi connectivity index (χ3n) is 3.50. The highest BCUT2D eigenvalue weighted by molar-refractivity contribution is 6.30. The predicted octanol–water partition coefficient (Wildman–Crippen LogP) is 3.31. The molecule has 2 rings (SSSR count). The van der Waals surface area contributed by atoms with Crippen molar-refractivity contribution in [1.82, 2.24) is 15.5 Å². The van der Waals surface area contributed by atoms with Crippen molar-refractivity contribution in [1.29, 1.82) is 0 Å². The number of benzene rings is 1. The molecule has 0 aliphatic carbocycles. The number of carbonyl (C=O) groups is 1. The van der Waals surface area contributed by atoms with Crippen LogP contribution < -0.4 is 10.6 Å². The Morgan fingerprint density at radius 2 is 2.09 bits per heavy atom. The number of halogens is 1. The molecule has 1 atom stereocenters. The van der Waals surface area contributed by atoms with Crippen LogP contribution in [-0.4, -0.2) is 28.7 Å². The van der Waals surface area contributed by atoms with Crippen molar-refractivity contribution in [2.75, 3.05) is 11.9 Å². The Kier molecular flexibility index (Phi) is 6.35. The molecule has 1 aromatic carbocycles. The SMILES string of the molecule is CCC(C)NC(=O)c1ccc(NCCc2cccc(Cl)c2)nn1. The van der Waals surface area contributed by atoms with Crippen molar-refractivity contribution in [3.05, 3.63) is 52.7 Å². The van der Waals surface area contributed by atoms with Crippen LogP contribution in [0.2, 0.25) is 5.02 Å². The Morgan fingerprint density at radius 3 is 2.74 bits per heavy atom. The first kappa shape index (κ1) is 17.2. The molecule has 5 nitrogen and oxygen atoms in total. The summed E-state index contributed by atoms with van der Waals surface area (Å²) in [4.78, 5) is 11.9. The lowest BCUT2D eigenvalue weighted by atomic mass is 10.1. The number of anilines is 1. The Labute approximate surface area is 141 Å². The lowest BCUT2D eigenvalue weighted by Crippen LogP contribution is -2.32. The second-order valence-corrected chi connectivity index (χ2v) is 5.83. The number of carbonyl (C=O) groups excluding carboxylic acids is 1. The molecular formula is C17H21ClN4O. The van der Waals surface area contributed by atoms with Crippen LogP contribution in [0.5, 0.6) is 0 Å². The van der Waals surface area contributed by atoms with Crippen LogP contribution in [0.4, 0.5) is 5.82 Å².